The Morgan fingerprint density at radius 3 is 3.19 bits per heavy atom. The average Bonchev–Trinajstić information content (AvgIpc) is 3.13. The van der Waals surface area contributed by atoms with E-state index in [9.17, 15) is 4.79 Å². The molecule has 1 unspecified atom stereocenters. The van der Waals surface area contributed by atoms with Crippen LogP contribution in [0.4, 0.5) is 0 Å². The van der Waals surface area contributed by atoms with Gasteiger partial charge in [0, 0.05) is 19.5 Å². The Bertz CT molecular complexity index is 633. The summed E-state index contributed by atoms with van der Waals surface area (Å²) in [6.45, 7) is 3.08. The fraction of sp³-hybridized carbons (Fsp3) is 0.571. The Hall–Kier alpha value is -2.18. The van der Waals surface area contributed by atoms with Gasteiger partial charge in [0.1, 0.15) is 12.2 Å². The molecule has 3 heterocycles. The highest BCUT2D eigenvalue weighted by molar-refractivity contribution is 5.78. The van der Waals surface area contributed by atoms with Gasteiger partial charge in [0.2, 0.25) is 5.91 Å². The highest BCUT2D eigenvalue weighted by Gasteiger charge is 2.28. The maximum absolute atomic E-state index is 12.5. The number of nitrogens with zero attached hydrogens (tertiary/aromatic N) is 5. The van der Waals surface area contributed by atoms with Gasteiger partial charge in [-0.1, -0.05) is 12.1 Å². The number of fused-ring (bicyclic) bond motifs is 1. The van der Waals surface area contributed by atoms with Crippen molar-refractivity contribution in [2.75, 3.05) is 7.05 Å². The molecule has 21 heavy (non-hydrogen) atoms. The van der Waals surface area contributed by atoms with Crippen LogP contribution in [0, 0.1) is 5.92 Å². The second kappa shape index (κ2) is 5.67. The van der Waals surface area contributed by atoms with Gasteiger partial charge in [-0.05, 0) is 12.8 Å². The maximum atomic E-state index is 12.5. The first-order valence-electron chi connectivity index (χ1n) is 7.23. The number of aromatic nitrogens is 4. The van der Waals surface area contributed by atoms with Gasteiger partial charge in [0.25, 0.3) is 0 Å². The van der Waals surface area contributed by atoms with Crippen LogP contribution in [0.2, 0.25) is 0 Å². The second-order valence-electron chi connectivity index (χ2n) is 5.43. The summed E-state index contributed by atoms with van der Waals surface area (Å²) in [5.41, 5.74) is 0.913. The molecule has 112 valence electrons. The van der Waals surface area contributed by atoms with Crippen molar-refractivity contribution in [2.24, 2.45) is 5.92 Å². The lowest BCUT2D eigenvalue weighted by atomic mass is 9.98. The van der Waals surface area contributed by atoms with Crippen LogP contribution < -0.4 is 0 Å². The number of rotatable bonds is 4. The molecule has 0 saturated carbocycles. The molecule has 2 aromatic rings. The molecule has 0 saturated heterocycles. The van der Waals surface area contributed by atoms with Crippen LogP contribution in [0.1, 0.15) is 30.6 Å². The van der Waals surface area contributed by atoms with Crippen molar-refractivity contribution in [3.63, 3.8) is 0 Å². The van der Waals surface area contributed by atoms with E-state index < -0.39 is 0 Å². The quantitative estimate of drug-likeness (QED) is 0.840. The van der Waals surface area contributed by atoms with Gasteiger partial charge in [-0.25, -0.2) is 9.67 Å². The van der Waals surface area contributed by atoms with Crippen molar-refractivity contribution in [2.45, 2.75) is 39.3 Å². The molecule has 1 atom stereocenters. The van der Waals surface area contributed by atoms with Crippen LogP contribution in [0.5, 0.6) is 0 Å². The molecule has 7 heteroatoms. The number of amides is 1. The first-order chi connectivity index (χ1) is 10.2. The van der Waals surface area contributed by atoms with Crippen molar-refractivity contribution in [1.29, 1.82) is 0 Å². The van der Waals surface area contributed by atoms with Crippen molar-refractivity contribution in [3.8, 4) is 0 Å². The summed E-state index contributed by atoms with van der Waals surface area (Å²) in [6.07, 6.45) is 4.00. The summed E-state index contributed by atoms with van der Waals surface area (Å²) in [5.74, 6) is 1.76. The molecule has 0 radical (unpaired) electrons. The van der Waals surface area contributed by atoms with E-state index in [4.69, 9.17) is 4.52 Å². The molecule has 2 aromatic heterocycles. The maximum Gasteiger partial charge on any atom is 0.227 e. The minimum Gasteiger partial charge on any atom is -0.359 e. The Morgan fingerprint density at radius 2 is 2.43 bits per heavy atom. The van der Waals surface area contributed by atoms with E-state index in [0.29, 0.717) is 13.1 Å². The fourth-order valence-corrected chi connectivity index (χ4v) is 2.66. The molecule has 1 aliphatic heterocycles. The summed E-state index contributed by atoms with van der Waals surface area (Å²) >= 11 is 0. The smallest absolute Gasteiger partial charge is 0.227 e. The molecule has 0 spiro atoms. The molecule has 0 aromatic carbocycles. The van der Waals surface area contributed by atoms with E-state index in [2.05, 4.69) is 15.2 Å². The van der Waals surface area contributed by atoms with Gasteiger partial charge in [0.05, 0.1) is 24.7 Å². The van der Waals surface area contributed by atoms with E-state index in [0.717, 1.165) is 36.5 Å². The van der Waals surface area contributed by atoms with Gasteiger partial charge < -0.3 is 9.42 Å². The Kier molecular flexibility index (Phi) is 3.72. The molecule has 0 fully saturated rings. The summed E-state index contributed by atoms with van der Waals surface area (Å²) in [6, 6.07) is 1.90. The van der Waals surface area contributed by atoms with Gasteiger partial charge in [-0.2, -0.15) is 5.10 Å². The largest absolute Gasteiger partial charge is 0.359 e. The summed E-state index contributed by atoms with van der Waals surface area (Å²) in [5, 5.41) is 8.10. The van der Waals surface area contributed by atoms with Crippen LogP contribution in [0.25, 0.3) is 0 Å². The van der Waals surface area contributed by atoms with Gasteiger partial charge in [-0.15, -0.1) is 0 Å². The van der Waals surface area contributed by atoms with E-state index >= 15 is 0 Å². The lowest BCUT2D eigenvalue weighted by Gasteiger charge is -2.26. The van der Waals surface area contributed by atoms with Crippen molar-refractivity contribution in [3.05, 3.63) is 29.7 Å². The second-order valence-corrected chi connectivity index (χ2v) is 5.43. The standard InChI is InChI=1S/C14H19N5O2/c1-3-11-6-12(21-17-11)8-18(2)14(20)10-4-5-13-15-9-16-19(13)7-10/h6,9-10H,3-5,7-8H2,1-2H3. The lowest BCUT2D eigenvalue weighted by Crippen LogP contribution is -2.37. The minimum atomic E-state index is -0.0437. The predicted molar refractivity (Wildman–Crippen MR) is 74.2 cm³/mol. The number of aryl methyl sites for hydroxylation is 2. The molecular weight excluding hydrogens is 270 g/mol. The van der Waals surface area contributed by atoms with Crippen molar-refractivity contribution < 1.29 is 9.32 Å². The SMILES string of the molecule is CCc1cc(CN(C)C(=O)C2CCc3ncnn3C2)on1. The molecule has 1 amide bonds. The van der Waals surface area contributed by atoms with Gasteiger partial charge >= 0.3 is 0 Å². The van der Waals surface area contributed by atoms with E-state index in [-0.39, 0.29) is 11.8 Å². The number of hydrogen-bond acceptors (Lipinski definition) is 5. The zero-order valence-electron chi connectivity index (χ0n) is 12.3. The normalized spacial score (nSPS) is 17.5. The number of carbonyl (C=O) groups excluding carboxylic acids is 1. The van der Waals surface area contributed by atoms with Crippen LogP contribution in [0.3, 0.4) is 0 Å². The number of carbonyl (C=O) groups is 1. The zero-order chi connectivity index (χ0) is 14.8. The third-order valence-corrected chi connectivity index (χ3v) is 3.89. The third-order valence-electron chi connectivity index (χ3n) is 3.89. The average molecular weight is 289 g/mol. The monoisotopic (exact) mass is 289 g/mol. The first kappa shape index (κ1) is 13.8. The van der Waals surface area contributed by atoms with Crippen LogP contribution in [0.15, 0.2) is 16.9 Å². The summed E-state index contributed by atoms with van der Waals surface area (Å²) < 4.78 is 7.06. The van der Waals surface area contributed by atoms with E-state index in [1.165, 1.54) is 0 Å². The fourth-order valence-electron chi connectivity index (χ4n) is 2.66. The van der Waals surface area contributed by atoms with Crippen molar-refractivity contribution in [1.82, 2.24) is 24.8 Å². The third kappa shape index (κ3) is 2.81. The molecule has 0 N–H and O–H groups in total. The summed E-state index contributed by atoms with van der Waals surface area (Å²) in [4.78, 5) is 18.4. The summed E-state index contributed by atoms with van der Waals surface area (Å²) in [7, 11) is 1.80. The van der Waals surface area contributed by atoms with Crippen LogP contribution >= 0.6 is 0 Å². The van der Waals surface area contributed by atoms with E-state index in [1.54, 1.807) is 18.3 Å². The molecule has 7 nitrogen and oxygen atoms in total. The van der Waals surface area contributed by atoms with Crippen LogP contribution in [-0.2, 0) is 30.7 Å². The molecular formula is C14H19N5O2. The first-order valence-corrected chi connectivity index (χ1v) is 7.23. The van der Waals surface area contributed by atoms with Crippen molar-refractivity contribution >= 4 is 5.91 Å². The topological polar surface area (TPSA) is 77.0 Å². The molecule has 0 bridgehead atoms. The predicted octanol–water partition coefficient (Wildman–Crippen LogP) is 1.05. The molecule has 1 aliphatic rings. The highest BCUT2D eigenvalue weighted by atomic mass is 16.5. The molecule has 0 aliphatic carbocycles. The lowest BCUT2D eigenvalue weighted by molar-refractivity contribution is -0.136. The number of hydrogen-bond donors (Lipinski definition) is 0. The Balaban J connectivity index is 1.62. The zero-order valence-corrected chi connectivity index (χ0v) is 12.3. The minimum absolute atomic E-state index is 0.0437. The Labute approximate surface area is 122 Å². The van der Waals surface area contributed by atoms with Crippen LogP contribution in [-0.4, -0.2) is 37.8 Å². The Morgan fingerprint density at radius 1 is 1.57 bits per heavy atom. The van der Waals surface area contributed by atoms with E-state index in [1.807, 2.05) is 17.7 Å². The highest BCUT2D eigenvalue weighted by Crippen LogP contribution is 2.20. The molecule has 3 rings (SSSR count). The van der Waals surface area contributed by atoms with Gasteiger partial charge in [-0.3, -0.25) is 4.79 Å². The van der Waals surface area contributed by atoms with Gasteiger partial charge in [0.15, 0.2) is 5.76 Å².